The zero-order valence-corrected chi connectivity index (χ0v) is 20.7. The van der Waals surface area contributed by atoms with Crippen LogP contribution in [0.3, 0.4) is 0 Å². The highest BCUT2D eigenvalue weighted by atomic mass is 79.9. The third kappa shape index (κ3) is 19.2. The largest absolute Gasteiger partial charge is 1.00 e. The third-order valence-electron chi connectivity index (χ3n) is 5.01. The van der Waals surface area contributed by atoms with E-state index in [4.69, 9.17) is 0 Å². The average molecular weight is 474 g/mol. The SMILES string of the molecule is CCCCC[N+](C)(C)CCCCCC[N+](C)(C)CCCCC.[Br-].[Br-]. The van der Waals surface area contributed by atoms with Crippen molar-refractivity contribution >= 4 is 0 Å². The predicted octanol–water partition coefficient (Wildman–Crippen LogP) is -0.912. The van der Waals surface area contributed by atoms with Crippen molar-refractivity contribution in [3.05, 3.63) is 0 Å². The molecule has 0 aromatic carbocycles. The first-order chi connectivity index (χ1) is 10.3. The minimum absolute atomic E-state index is 0. The summed E-state index contributed by atoms with van der Waals surface area (Å²) in [5.41, 5.74) is 0. The van der Waals surface area contributed by atoms with Crippen molar-refractivity contribution in [3.8, 4) is 0 Å². The lowest BCUT2D eigenvalue weighted by Crippen LogP contribution is -3.00. The van der Waals surface area contributed by atoms with Gasteiger partial charge in [-0.2, -0.15) is 0 Å². The van der Waals surface area contributed by atoms with Crippen LogP contribution in [0.5, 0.6) is 0 Å². The number of unbranched alkanes of at least 4 members (excludes halogenated alkanes) is 7. The summed E-state index contributed by atoms with van der Waals surface area (Å²) >= 11 is 0. The van der Waals surface area contributed by atoms with Gasteiger partial charge in [0.25, 0.3) is 0 Å². The maximum atomic E-state index is 2.41. The molecular formula is C20H46Br2N2. The Hall–Kier alpha value is 0.880. The molecule has 0 aliphatic heterocycles. The van der Waals surface area contributed by atoms with Crippen molar-refractivity contribution in [1.82, 2.24) is 0 Å². The van der Waals surface area contributed by atoms with Gasteiger partial charge in [0.15, 0.2) is 0 Å². The summed E-state index contributed by atoms with van der Waals surface area (Å²) in [7, 11) is 9.62. The number of nitrogens with zero attached hydrogens (tertiary/aromatic N) is 2. The molecule has 0 bridgehead atoms. The molecule has 4 heteroatoms. The van der Waals surface area contributed by atoms with Gasteiger partial charge in [-0.25, -0.2) is 0 Å². The van der Waals surface area contributed by atoms with Crippen LogP contribution < -0.4 is 34.0 Å². The van der Waals surface area contributed by atoms with E-state index in [1.807, 2.05) is 0 Å². The van der Waals surface area contributed by atoms with Crippen LogP contribution in [0.1, 0.15) is 78.1 Å². The monoisotopic (exact) mass is 472 g/mol. The summed E-state index contributed by atoms with van der Waals surface area (Å²) in [6.07, 6.45) is 13.9. The van der Waals surface area contributed by atoms with Gasteiger partial charge < -0.3 is 42.9 Å². The summed E-state index contributed by atoms with van der Waals surface area (Å²) in [5.74, 6) is 0. The van der Waals surface area contributed by atoms with Gasteiger partial charge in [0.05, 0.1) is 54.4 Å². The van der Waals surface area contributed by atoms with E-state index in [2.05, 4.69) is 42.0 Å². The fourth-order valence-corrected chi connectivity index (χ4v) is 3.24. The molecular weight excluding hydrogens is 428 g/mol. The second-order valence-corrected chi connectivity index (χ2v) is 8.59. The van der Waals surface area contributed by atoms with Crippen LogP contribution >= 0.6 is 0 Å². The van der Waals surface area contributed by atoms with Crippen LogP contribution in [0.4, 0.5) is 0 Å². The molecule has 2 nitrogen and oxygen atoms in total. The molecule has 0 radical (unpaired) electrons. The Morgan fingerprint density at radius 2 is 0.667 bits per heavy atom. The second kappa shape index (κ2) is 17.3. The highest BCUT2D eigenvalue weighted by Crippen LogP contribution is 2.11. The Balaban J connectivity index is -0.00000220. The highest BCUT2D eigenvalue weighted by Gasteiger charge is 2.15. The van der Waals surface area contributed by atoms with Crippen molar-refractivity contribution in [3.63, 3.8) is 0 Å². The Morgan fingerprint density at radius 1 is 0.417 bits per heavy atom. The molecule has 24 heavy (non-hydrogen) atoms. The van der Waals surface area contributed by atoms with Crippen LogP contribution in [-0.4, -0.2) is 63.3 Å². The quantitative estimate of drug-likeness (QED) is 0.213. The molecule has 0 heterocycles. The molecule has 0 fully saturated rings. The molecule has 0 saturated carbocycles. The standard InChI is InChI=1S/C20H46N2.2BrH/c1-7-9-13-17-21(3,4)19-15-11-12-16-20-22(5,6)18-14-10-8-2;;/h7-20H2,1-6H3;2*1H/q+2;;/p-2. The van der Waals surface area contributed by atoms with Gasteiger partial charge in [-0.15, -0.1) is 0 Å². The van der Waals surface area contributed by atoms with Crippen LogP contribution in [-0.2, 0) is 0 Å². The van der Waals surface area contributed by atoms with Crippen LogP contribution in [0, 0.1) is 0 Å². The number of quaternary nitrogens is 2. The Kier molecular flexibility index (Phi) is 21.4. The zero-order valence-electron chi connectivity index (χ0n) is 17.5. The molecule has 0 spiro atoms. The maximum absolute atomic E-state index is 2.41. The molecule has 150 valence electrons. The Morgan fingerprint density at radius 3 is 0.917 bits per heavy atom. The van der Waals surface area contributed by atoms with Crippen molar-refractivity contribution < 1.29 is 42.9 Å². The van der Waals surface area contributed by atoms with E-state index in [-0.39, 0.29) is 34.0 Å². The lowest BCUT2D eigenvalue weighted by Gasteiger charge is -2.31. The second-order valence-electron chi connectivity index (χ2n) is 8.59. The van der Waals surface area contributed by atoms with E-state index in [9.17, 15) is 0 Å². The molecule has 0 N–H and O–H groups in total. The van der Waals surface area contributed by atoms with E-state index in [0.717, 1.165) is 0 Å². The predicted molar refractivity (Wildman–Crippen MR) is 101 cm³/mol. The average Bonchev–Trinajstić information content (AvgIpc) is 2.43. The van der Waals surface area contributed by atoms with Crippen molar-refractivity contribution in [1.29, 1.82) is 0 Å². The van der Waals surface area contributed by atoms with E-state index in [0.29, 0.717) is 0 Å². The summed E-state index contributed by atoms with van der Waals surface area (Å²) < 4.78 is 2.44. The van der Waals surface area contributed by atoms with Gasteiger partial charge in [-0.05, 0) is 51.4 Å². The van der Waals surface area contributed by atoms with Crippen molar-refractivity contribution in [2.75, 3.05) is 54.4 Å². The molecule has 0 aliphatic rings. The lowest BCUT2D eigenvalue weighted by molar-refractivity contribution is -0.891. The topological polar surface area (TPSA) is 0 Å². The van der Waals surface area contributed by atoms with E-state index in [1.54, 1.807) is 0 Å². The maximum Gasteiger partial charge on any atom is 0.0782 e. The number of hydrogen-bond acceptors (Lipinski definition) is 0. The molecule has 0 aromatic heterocycles. The number of hydrogen-bond donors (Lipinski definition) is 0. The number of rotatable bonds is 15. The molecule has 0 atom stereocenters. The van der Waals surface area contributed by atoms with Crippen molar-refractivity contribution in [2.45, 2.75) is 78.1 Å². The zero-order chi connectivity index (χ0) is 16.9. The molecule has 0 aromatic rings. The van der Waals surface area contributed by atoms with Crippen molar-refractivity contribution in [2.24, 2.45) is 0 Å². The first kappa shape index (κ1) is 29.6. The molecule has 0 saturated heterocycles. The third-order valence-corrected chi connectivity index (χ3v) is 5.01. The first-order valence-electron chi connectivity index (χ1n) is 9.97. The first-order valence-corrected chi connectivity index (χ1v) is 9.97. The van der Waals surface area contributed by atoms with Gasteiger partial charge in [0.2, 0.25) is 0 Å². The summed E-state index contributed by atoms with van der Waals surface area (Å²) in [6, 6.07) is 0. The summed E-state index contributed by atoms with van der Waals surface area (Å²) in [4.78, 5) is 0. The smallest absolute Gasteiger partial charge is 0.0782 e. The molecule has 0 unspecified atom stereocenters. The normalized spacial score (nSPS) is 11.8. The molecule has 0 rings (SSSR count). The van der Waals surface area contributed by atoms with Crippen LogP contribution in [0.2, 0.25) is 0 Å². The van der Waals surface area contributed by atoms with E-state index in [1.165, 1.54) is 99.4 Å². The Bertz CT molecular complexity index is 230. The molecule has 0 aliphatic carbocycles. The van der Waals surface area contributed by atoms with Crippen LogP contribution in [0.25, 0.3) is 0 Å². The number of halogens is 2. The lowest BCUT2D eigenvalue weighted by atomic mass is 10.1. The van der Waals surface area contributed by atoms with E-state index < -0.39 is 0 Å². The van der Waals surface area contributed by atoms with Gasteiger partial charge in [0.1, 0.15) is 0 Å². The minimum atomic E-state index is 0. The summed E-state index contributed by atoms with van der Waals surface area (Å²) in [6.45, 7) is 10.0. The van der Waals surface area contributed by atoms with Crippen LogP contribution in [0.15, 0.2) is 0 Å². The fourth-order valence-electron chi connectivity index (χ4n) is 3.24. The highest BCUT2D eigenvalue weighted by molar-refractivity contribution is 4.46. The van der Waals surface area contributed by atoms with Gasteiger partial charge in [-0.3, -0.25) is 0 Å². The minimum Gasteiger partial charge on any atom is -1.00 e. The van der Waals surface area contributed by atoms with Gasteiger partial charge >= 0.3 is 0 Å². The van der Waals surface area contributed by atoms with Gasteiger partial charge in [-0.1, -0.05) is 26.7 Å². The summed E-state index contributed by atoms with van der Waals surface area (Å²) in [5, 5.41) is 0. The van der Waals surface area contributed by atoms with Gasteiger partial charge in [0, 0.05) is 0 Å². The molecule has 0 amide bonds. The fraction of sp³-hybridized carbons (Fsp3) is 1.00. The van der Waals surface area contributed by atoms with E-state index >= 15 is 0 Å². The Labute approximate surface area is 175 Å².